The van der Waals surface area contributed by atoms with Crippen molar-refractivity contribution in [1.82, 2.24) is 5.32 Å². The van der Waals surface area contributed by atoms with E-state index >= 15 is 0 Å². The lowest BCUT2D eigenvalue weighted by atomic mass is 9.96. The Morgan fingerprint density at radius 3 is 1.96 bits per heavy atom. The Morgan fingerprint density at radius 2 is 1.52 bits per heavy atom. The third-order valence-electron chi connectivity index (χ3n) is 3.28. The zero-order valence-corrected chi connectivity index (χ0v) is 14.4. The first-order valence-corrected chi connectivity index (χ1v) is 7.52. The predicted octanol–water partition coefficient (Wildman–Crippen LogP) is -0.823. The number of rotatable bonds is 5. The summed E-state index contributed by atoms with van der Waals surface area (Å²) >= 11 is 0. The van der Waals surface area contributed by atoms with Gasteiger partial charge in [0.25, 0.3) is 0 Å². The van der Waals surface area contributed by atoms with Crippen LogP contribution in [0.5, 0.6) is 0 Å². The van der Waals surface area contributed by atoms with Gasteiger partial charge in [0.1, 0.15) is 18.8 Å². The lowest BCUT2D eigenvalue weighted by Crippen LogP contribution is -2.67. The zero-order valence-electron chi connectivity index (χ0n) is 14.4. The second-order valence-corrected chi connectivity index (χ2v) is 5.51. The van der Waals surface area contributed by atoms with Gasteiger partial charge in [-0.25, -0.2) is 0 Å². The van der Waals surface area contributed by atoms with Gasteiger partial charge in [-0.1, -0.05) is 0 Å². The number of carbonyl (C=O) groups excluding carboxylic acids is 4. The molecule has 0 aromatic rings. The maximum absolute atomic E-state index is 12.5. The van der Waals surface area contributed by atoms with Crippen molar-refractivity contribution in [1.29, 1.82) is 0 Å². The van der Waals surface area contributed by atoms with Crippen molar-refractivity contribution in [2.75, 3.05) is 6.61 Å². The molecule has 0 unspecified atom stereocenters. The van der Waals surface area contributed by atoms with Crippen LogP contribution in [-0.4, -0.2) is 72.3 Å². The van der Waals surface area contributed by atoms with Crippen LogP contribution in [0, 0.1) is 0 Å². The van der Waals surface area contributed by atoms with Gasteiger partial charge in [-0.15, -0.1) is 0 Å². The van der Waals surface area contributed by atoms with E-state index in [1.807, 2.05) is 0 Å². The summed E-state index contributed by atoms with van der Waals surface area (Å²) in [6.07, 6.45) is -12.1. The third-order valence-corrected chi connectivity index (χ3v) is 3.28. The summed E-state index contributed by atoms with van der Waals surface area (Å²) < 4.78 is 57.1. The summed E-state index contributed by atoms with van der Waals surface area (Å²) in [5.74, 6) is -5.12. The first-order valence-electron chi connectivity index (χ1n) is 7.52. The van der Waals surface area contributed by atoms with Crippen LogP contribution in [0.15, 0.2) is 0 Å². The number of aliphatic hydroxyl groups excluding tert-OH is 1. The molecule has 10 nitrogen and oxygen atoms in total. The van der Waals surface area contributed by atoms with Crippen molar-refractivity contribution in [2.45, 2.75) is 57.6 Å². The molecule has 1 heterocycles. The minimum Gasteiger partial charge on any atom is -0.463 e. The van der Waals surface area contributed by atoms with E-state index in [2.05, 4.69) is 0 Å². The minimum atomic E-state index is -5.30. The number of amides is 1. The van der Waals surface area contributed by atoms with Gasteiger partial charge >= 0.3 is 30.0 Å². The number of ether oxygens (including phenoxy) is 4. The van der Waals surface area contributed by atoms with Gasteiger partial charge in [0.2, 0.25) is 0 Å². The Labute approximate surface area is 150 Å². The number of halogens is 3. The van der Waals surface area contributed by atoms with Crippen LogP contribution in [0.3, 0.4) is 0 Å². The van der Waals surface area contributed by atoms with Gasteiger partial charge in [-0.05, 0) is 0 Å². The molecule has 1 aliphatic rings. The fourth-order valence-electron chi connectivity index (χ4n) is 2.31. The van der Waals surface area contributed by atoms with Crippen LogP contribution < -0.4 is 5.32 Å². The van der Waals surface area contributed by atoms with Crippen LogP contribution in [0.25, 0.3) is 0 Å². The molecular formula is C14H18F3NO9. The summed E-state index contributed by atoms with van der Waals surface area (Å²) in [4.78, 5) is 44.9. The number of alkyl halides is 3. The highest BCUT2D eigenvalue weighted by Crippen LogP contribution is 2.27. The molecular weight excluding hydrogens is 383 g/mol. The number of carbonyl (C=O) groups is 4. The van der Waals surface area contributed by atoms with E-state index in [1.54, 1.807) is 0 Å². The molecule has 154 valence electrons. The number of hydrogen-bond donors (Lipinski definition) is 2. The van der Waals surface area contributed by atoms with Crippen LogP contribution >= 0.6 is 0 Å². The van der Waals surface area contributed by atoms with Gasteiger partial charge in [0.05, 0.1) is 0 Å². The van der Waals surface area contributed by atoms with Crippen molar-refractivity contribution >= 4 is 23.8 Å². The summed E-state index contributed by atoms with van der Waals surface area (Å²) in [6.45, 7) is 2.36. The number of aliphatic hydroxyl groups is 1. The van der Waals surface area contributed by atoms with Crippen LogP contribution in [0.4, 0.5) is 13.2 Å². The number of hydrogen-bond acceptors (Lipinski definition) is 9. The highest BCUT2D eigenvalue weighted by Gasteiger charge is 2.52. The lowest BCUT2D eigenvalue weighted by molar-refractivity contribution is -0.266. The van der Waals surface area contributed by atoms with Gasteiger partial charge in [0, 0.05) is 20.8 Å². The van der Waals surface area contributed by atoms with E-state index in [0.29, 0.717) is 0 Å². The van der Waals surface area contributed by atoms with E-state index in [4.69, 9.17) is 18.9 Å². The van der Waals surface area contributed by atoms with Crippen molar-refractivity contribution in [2.24, 2.45) is 0 Å². The molecule has 13 heteroatoms. The number of esters is 3. The molecule has 0 radical (unpaired) electrons. The fourth-order valence-corrected chi connectivity index (χ4v) is 2.31. The molecule has 0 aromatic heterocycles. The molecule has 0 aliphatic carbocycles. The molecule has 0 saturated carbocycles. The summed E-state index contributed by atoms with van der Waals surface area (Å²) in [5.41, 5.74) is 0. The Bertz CT molecular complexity index is 595. The zero-order chi connectivity index (χ0) is 20.9. The quantitative estimate of drug-likeness (QED) is 0.447. The van der Waals surface area contributed by atoms with Crippen molar-refractivity contribution in [3.63, 3.8) is 0 Å². The van der Waals surface area contributed by atoms with E-state index < -0.39 is 67.2 Å². The normalized spacial score (nSPS) is 28.0. The van der Waals surface area contributed by atoms with Crippen molar-refractivity contribution in [3.05, 3.63) is 0 Å². The van der Waals surface area contributed by atoms with E-state index in [9.17, 15) is 37.5 Å². The van der Waals surface area contributed by atoms with Crippen LogP contribution in [0.2, 0.25) is 0 Å². The Morgan fingerprint density at radius 1 is 1.00 bits per heavy atom. The highest BCUT2D eigenvalue weighted by atomic mass is 19.4. The van der Waals surface area contributed by atoms with Crippen molar-refractivity contribution in [3.8, 4) is 0 Å². The largest absolute Gasteiger partial charge is 0.471 e. The van der Waals surface area contributed by atoms with Crippen LogP contribution in [0.1, 0.15) is 20.8 Å². The third kappa shape index (κ3) is 6.67. The molecule has 1 amide bonds. The maximum Gasteiger partial charge on any atom is 0.471 e. The average Bonchev–Trinajstić information content (AvgIpc) is 2.49. The Balaban J connectivity index is 3.18. The van der Waals surface area contributed by atoms with Gasteiger partial charge in [-0.3, -0.25) is 19.2 Å². The SMILES string of the molecule is CC(=O)OC[C@@H]1O[C@H](O)[C@H](NC(=O)C(F)(F)F)[C@H](OC(C)=O)[C@H]1OC(C)=O. The predicted molar refractivity (Wildman–Crippen MR) is 76.6 cm³/mol. The fraction of sp³-hybridized carbons (Fsp3) is 0.714. The molecule has 5 atom stereocenters. The smallest absolute Gasteiger partial charge is 0.463 e. The average molecular weight is 401 g/mol. The topological polar surface area (TPSA) is 137 Å². The molecule has 0 spiro atoms. The molecule has 1 rings (SSSR count). The first kappa shape index (κ1) is 22.6. The Kier molecular flexibility index (Phi) is 7.54. The van der Waals surface area contributed by atoms with Gasteiger partial charge in [-0.2, -0.15) is 13.2 Å². The van der Waals surface area contributed by atoms with Gasteiger partial charge in [0.15, 0.2) is 18.5 Å². The molecule has 1 fully saturated rings. The maximum atomic E-state index is 12.5. The highest BCUT2D eigenvalue weighted by molar-refractivity contribution is 5.82. The molecule has 27 heavy (non-hydrogen) atoms. The second kappa shape index (κ2) is 8.99. The van der Waals surface area contributed by atoms with E-state index in [1.165, 1.54) is 5.32 Å². The van der Waals surface area contributed by atoms with Crippen molar-refractivity contribution < 1.29 is 56.4 Å². The Hall–Kier alpha value is -2.41. The lowest BCUT2D eigenvalue weighted by Gasteiger charge is -2.43. The summed E-state index contributed by atoms with van der Waals surface area (Å²) in [6, 6.07) is -1.92. The van der Waals surface area contributed by atoms with E-state index in [0.717, 1.165) is 20.8 Å². The monoisotopic (exact) mass is 401 g/mol. The second-order valence-electron chi connectivity index (χ2n) is 5.51. The van der Waals surface area contributed by atoms with E-state index in [-0.39, 0.29) is 0 Å². The first-order chi connectivity index (χ1) is 12.3. The van der Waals surface area contributed by atoms with Crippen LogP contribution in [-0.2, 0) is 38.1 Å². The molecule has 0 aromatic carbocycles. The summed E-state index contributed by atoms with van der Waals surface area (Å²) in [5, 5.41) is 11.4. The minimum absolute atomic E-state index is 0.567. The van der Waals surface area contributed by atoms with Gasteiger partial charge < -0.3 is 29.4 Å². The molecule has 2 N–H and O–H groups in total. The molecule has 1 saturated heterocycles. The summed E-state index contributed by atoms with van der Waals surface area (Å²) in [7, 11) is 0. The standard InChI is InChI=1S/C14H18F3NO9/c1-5(19)24-4-8-10(25-6(2)20)11(26-7(3)21)9(12(22)27-8)18-13(23)14(15,16)17/h8-12,22H,4H2,1-3H3,(H,18,23)/t8-,9+,10-,11-,12-/m0/s1. The number of nitrogens with one attached hydrogen (secondary N) is 1. The molecule has 0 bridgehead atoms. The molecule has 1 aliphatic heterocycles.